The van der Waals surface area contributed by atoms with Crippen molar-refractivity contribution in [3.05, 3.63) is 63.7 Å². The number of alkyl halides is 3. The Bertz CT molecular complexity index is 1030. The Hall–Kier alpha value is -3.13. The number of nitrogens with one attached hydrogen (secondary N) is 1. The van der Waals surface area contributed by atoms with Crippen molar-refractivity contribution in [3.8, 4) is 6.07 Å². The molecule has 1 N–H and O–H groups in total. The number of nitro groups is 1. The molecule has 0 aliphatic rings. The van der Waals surface area contributed by atoms with Gasteiger partial charge in [0.25, 0.3) is 15.5 Å². The molecule has 0 fully saturated rings. The Morgan fingerprint density at radius 1 is 1.22 bits per heavy atom. The summed E-state index contributed by atoms with van der Waals surface area (Å²) in [6, 6.07) is 9.71. The molecule has 0 aliphatic carbocycles. The Labute approximate surface area is 152 Å². The van der Waals surface area contributed by atoms with Crippen molar-refractivity contribution in [2.45, 2.75) is 23.4 Å². The first-order valence-electron chi connectivity index (χ1n) is 7.33. The Kier molecular flexibility index (Phi) is 5.41. The molecule has 0 saturated heterocycles. The van der Waals surface area contributed by atoms with Gasteiger partial charge in [0.15, 0.2) is 0 Å². The minimum atomic E-state index is -5.71. The van der Waals surface area contributed by atoms with Crippen molar-refractivity contribution in [1.82, 2.24) is 0 Å². The van der Waals surface area contributed by atoms with E-state index in [4.69, 9.17) is 5.26 Å². The van der Waals surface area contributed by atoms with Crippen LogP contribution >= 0.6 is 0 Å². The van der Waals surface area contributed by atoms with Crippen LogP contribution in [0, 0.1) is 21.4 Å². The van der Waals surface area contributed by atoms with Crippen LogP contribution in [0.3, 0.4) is 0 Å². The van der Waals surface area contributed by atoms with Crippen molar-refractivity contribution < 1.29 is 26.5 Å². The van der Waals surface area contributed by atoms with E-state index in [0.29, 0.717) is 23.3 Å². The van der Waals surface area contributed by atoms with Crippen LogP contribution in [-0.2, 0) is 9.84 Å². The second-order valence-electron chi connectivity index (χ2n) is 5.49. The van der Waals surface area contributed by atoms with Crippen molar-refractivity contribution in [3.63, 3.8) is 0 Å². The van der Waals surface area contributed by atoms with E-state index in [1.165, 1.54) is 0 Å². The van der Waals surface area contributed by atoms with E-state index in [-0.39, 0.29) is 5.69 Å². The molecular formula is C16H12F3N3O4S. The van der Waals surface area contributed by atoms with Gasteiger partial charge in [-0.15, -0.1) is 0 Å². The number of nitro benzene ring substituents is 1. The normalized spacial score (nSPS) is 12.9. The largest absolute Gasteiger partial charge is 0.501 e. The molecule has 1 unspecified atom stereocenters. The van der Waals surface area contributed by atoms with Gasteiger partial charge in [0, 0.05) is 12.1 Å². The molecule has 11 heteroatoms. The monoisotopic (exact) mass is 399 g/mol. The molecule has 0 bridgehead atoms. The molecule has 0 aromatic heterocycles. The average molecular weight is 399 g/mol. The summed E-state index contributed by atoms with van der Waals surface area (Å²) in [6.45, 7) is 1.63. The van der Waals surface area contributed by atoms with Crippen molar-refractivity contribution >= 4 is 21.2 Å². The molecule has 2 aromatic carbocycles. The molecule has 2 rings (SSSR count). The zero-order valence-electron chi connectivity index (χ0n) is 13.7. The molecule has 7 nitrogen and oxygen atoms in total. The molecule has 2 aromatic rings. The third-order valence-corrected chi connectivity index (χ3v) is 5.15. The molecular weight excluding hydrogens is 387 g/mol. The maximum absolute atomic E-state index is 12.7. The topological polar surface area (TPSA) is 113 Å². The minimum absolute atomic E-state index is 0.156. The van der Waals surface area contributed by atoms with Gasteiger partial charge < -0.3 is 5.32 Å². The van der Waals surface area contributed by atoms with Crippen LogP contribution in [0.1, 0.15) is 24.1 Å². The number of nitriles is 1. The highest BCUT2D eigenvalue weighted by Crippen LogP contribution is 2.35. The number of nitrogens with zero attached hydrogens (tertiary/aromatic N) is 2. The summed E-state index contributed by atoms with van der Waals surface area (Å²) in [5.41, 5.74) is -5.57. The van der Waals surface area contributed by atoms with Crippen LogP contribution in [0.5, 0.6) is 0 Å². The zero-order chi connectivity index (χ0) is 20.4. The SMILES string of the molecule is CC(Nc1ccc(S(=O)(=O)C(F)(F)F)cc1[N+](=O)[O-])c1cccc(C#N)c1. The highest BCUT2D eigenvalue weighted by molar-refractivity contribution is 7.92. The van der Waals surface area contributed by atoms with Crippen LogP contribution in [0.4, 0.5) is 24.5 Å². The second-order valence-corrected chi connectivity index (χ2v) is 7.43. The van der Waals surface area contributed by atoms with Crippen molar-refractivity contribution in [2.24, 2.45) is 0 Å². The Morgan fingerprint density at radius 2 is 1.89 bits per heavy atom. The first-order chi connectivity index (χ1) is 12.5. The van der Waals surface area contributed by atoms with E-state index in [2.05, 4.69) is 5.32 Å². The fourth-order valence-corrected chi connectivity index (χ4v) is 3.06. The maximum atomic E-state index is 12.7. The third kappa shape index (κ3) is 4.17. The molecule has 0 saturated carbocycles. The predicted molar refractivity (Wildman–Crippen MR) is 89.5 cm³/mol. The summed E-state index contributed by atoms with van der Waals surface area (Å²) in [5, 5.41) is 22.9. The van der Waals surface area contributed by atoms with Crippen LogP contribution < -0.4 is 5.32 Å². The fraction of sp³-hybridized carbons (Fsp3) is 0.188. The van der Waals surface area contributed by atoms with E-state index in [1.54, 1.807) is 31.2 Å². The first kappa shape index (κ1) is 20.2. The molecule has 0 heterocycles. The van der Waals surface area contributed by atoms with Gasteiger partial charge in [0.1, 0.15) is 5.69 Å². The molecule has 27 heavy (non-hydrogen) atoms. The lowest BCUT2D eigenvalue weighted by atomic mass is 10.1. The third-order valence-electron chi connectivity index (χ3n) is 3.67. The van der Waals surface area contributed by atoms with Gasteiger partial charge in [0.2, 0.25) is 0 Å². The number of sulfone groups is 1. The number of hydrogen-bond donors (Lipinski definition) is 1. The summed E-state index contributed by atoms with van der Waals surface area (Å²) >= 11 is 0. The number of anilines is 1. The Morgan fingerprint density at radius 3 is 2.44 bits per heavy atom. The van der Waals surface area contributed by atoms with Gasteiger partial charge in [-0.05, 0) is 36.8 Å². The van der Waals surface area contributed by atoms with E-state index >= 15 is 0 Å². The van der Waals surface area contributed by atoms with Gasteiger partial charge in [0.05, 0.1) is 21.5 Å². The van der Waals surface area contributed by atoms with E-state index in [9.17, 15) is 31.7 Å². The lowest BCUT2D eigenvalue weighted by Gasteiger charge is -2.16. The summed E-state index contributed by atoms with van der Waals surface area (Å²) < 4.78 is 60.9. The number of hydrogen-bond acceptors (Lipinski definition) is 6. The first-order valence-corrected chi connectivity index (χ1v) is 8.82. The van der Waals surface area contributed by atoms with Gasteiger partial charge in [-0.25, -0.2) is 8.42 Å². The van der Waals surface area contributed by atoms with Crippen LogP contribution in [-0.4, -0.2) is 18.8 Å². The van der Waals surface area contributed by atoms with E-state index < -0.39 is 36.9 Å². The molecule has 1 atom stereocenters. The summed E-state index contributed by atoms with van der Waals surface area (Å²) in [4.78, 5) is 9.02. The second kappa shape index (κ2) is 7.24. The highest BCUT2D eigenvalue weighted by Gasteiger charge is 2.47. The number of halogens is 3. The highest BCUT2D eigenvalue weighted by atomic mass is 32.2. The predicted octanol–water partition coefficient (Wildman–Crippen LogP) is 3.93. The van der Waals surface area contributed by atoms with E-state index in [0.717, 1.165) is 6.07 Å². The minimum Gasteiger partial charge on any atom is -0.373 e. The van der Waals surface area contributed by atoms with Gasteiger partial charge in [-0.3, -0.25) is 10.1 Å². The summed E-state index contributed by atoms with van der Waals surface area (Å²) in [6.07, 6.45) is 0. The molecule has 0 radical (unpaired) electrons. The molecule has 0 aliphatic heterocycles. The van der Waals surface area contributed by atoms with Crippen LogP contribution in [0.25, 0.3) is 0 Å². The molecule has 0 amide bonds. The summed E-state index contributed by atoms with van der Waals surface area (Å²) in [7, 11) is -5.71. The fourth-order valence-electron chi connectivity index (χ4n) is 2.28. The maximum Gasteiger partial charge on any atom is 0.501 e. The van der Waals surface area contributed by atoms with E-state index in [1.807, 2.05) is 6.07 Å². The standard InChI is InChI=1S/C16H12F3N3O4S/c1-10(12-4-2-3-11(7-12)9-20)21-14-6-5-13(8-15(14)22(23)24)27(25,26)16(17,18)19/h2-8,10,21H,1H3. The smallest absolute Gasteiger partial charge is 0.373 e. The molecule has 142 valence electrons. The van der Waals surface area contributed by atoms with Gasteiger partial charge in [-0.1, -0.05) is 12.1 Å². The van der Waals surface area contributed by atoms with Gasteiger partial charge >= 0.3 is 5.51 Å². The summed E-state index contributed by atoms with van der Waals surface area (Å²) in [5.74, 6) is 0. The molecule has 0 spiro atoms. The average Bonchev–Trinajstić information content (AvgIpc) is 2.60. The van der Waals surface area contributed by atoms with Crippen molar-refractivity contribution in [1.29, 1.82) is 5.26 Å². The van der Waals surface area contributed by atoms with Crippen LogP contribution in [0.15, 0.2) is 47.4 Å². The Balaban J connectivity index is 2.43. The van der Waals surface area contributed by atoms with Crippen molar-refractivity contribution in [2.75, 3.05) is 5.32 Å². The zero-order valence-corrected chi connectivity index (χ0v) is 14.5. The van der Waals surface area contributed by atoms with Gasteiger partial charge in [-0.2, -0.15) is 18.4 Å². The van der Waals surface area contributed by atoms with Crippen LogP contribution in [0.2, 0.25) is 0 Å². The lowest BCUT2D eigenvalue weighted by molar-refractivity contribution is -0.384. The quantitative estimate of drug-likeness (QED) is 0.602. The lowest BCUT2D eigenvalue weighted by Crippen LogP contribution is -2.23. The number of benzene rings is 2. The number of rotatable bonds is 5.